The lowest BCUT2D eigenvalue weighted by Crippen LogP contribution is -2.03. The van der Waals surface area contributed by atoms with E-state index in [1.165, 1.54) is 0 Å². The van der Waals surface area contributed by atoms with E-state index in [9.17, 15) is 5.11 Å². The van der Waals surface area contributed by atoms with Gasteiger partial charge in [-0.15, -0.1) is 5.10 Å². The summed E-state index contributed by atoms with van der Waals surface area (Å²) < 4.78 is 7.16. The van der Waals surface area contributed by atoms with Crippen LogP contribution in [-0.2, 0) is 13.2 Å². The van der Waals surface area contributed by atoms with E-state index < -0.39 is 0 Å². The van der Waals surface area contributed by atoms with Crippen molar-refractivity contribution in [3.63, 3.8) is 0 Å². The second kappa shape index (κ2) is 5.63. The Bertz CT molecular complexity index is 448. The van der Waals surface area contributed by atoms with Gasteiger partial charge in [0.2, 0.25) is 0 Å². The number of aliphatic hydroxyl groups excluding tert-OH is 1. The van der Waals surface area contributed by atoms with Gasteiger partial charge in [0.05, 0.1) is 12.9 Å². The highest BCUT2D eigenvalue weighted by Crippen LogP contribution is 2.23. The summed E-state index contributed by atoms with van der Waals surface area (Å²) in [5, 5.41) is 17.3. The second-order valence-electron chi connectivity index (χ2n) is 3.95. The van der Waals surface area contributed by atoms with E-state index >= 15 is 0 Å². The Morgan fingerprint density at radius 3 is 2.94 bits per heavy atom. The zero-order valence-electron chi connectivity index (χ0n) is 9.96. The molecule has 5 nitrogen and oxygen atoms in total. The third-order valence-electron chi connectivity index (χ3n) is 2.68. The van der Waals surface area contributed by atoms with Gasteiger partial charge in [0.15, 0.2) is 5.76 Å². The van der Waals surface area contributed by atoms with Crippen LogP contribution in [0.5, 0.6) is 0 Å². The van der Waals surface area contributed by atoms with E-state index in [2.05, 4.69) is 17.2 Å². The average molecular weight is 235 g/mol. The van der Waals surface area contributed by atoms with Crippen LogP contribution < -0.4 is 0 Å². The van der Waals surface area contributed by atoms with Gasteiger partial charge in [-0.1, -0.05) is 25.0 Å². The van der Waals surface area contributed by atoms with E-state index in [4.69, 9.17) is 4.42 Å². The Balaban J connectivity index is 2.24. The van der Waals surface area contributed by atoms with Crippen LogP contribution in [0.1, 0.15) is 31.9 Å². The van der Waals surface area contributed by atoms with Crippen LogP contribution in [0.25, 0.3) is 11.5 Å². The number of rotatable bonds is 6. The summed E-state index contributed by atoms with van der Waals surface area (Å²) in [5.41, 5.74) is 1.35. The van der Waals surface area contributed by atoms with Gasteiger partial charge >= 0.3 is 0 Å². The molecule has 2 rings (SSSR count). The molecular formula is C12H17N3O2. The zero-order chi connectivity index (χ0) is 12.1. The first-order valence-corrected chi connectivity index (χ1v) is 5.94. The summed E-state index contributed by atoms with van der Waals surface area (Å²) in [4.78, 5) is 0. The number of unbranched alkanes of at least 4 members (excludes halogenated alkanes) is 2. The van der Waals surface area contributed by atoms with E-state index in [1.807, 2.05) is 12.1 Å². The number of aryl methyl sites for hydroxylation is 1. The van der Waals surface area contributed by atoms with Crippen molar-refractivity contribution < 1.29 is 9.52 Å². The Hall–Kier alpha value is -1.62. The van der Waals surface area contributed by atoms with Gasteiger partial charge < -0.3 is 9.52 Å². The summed E-state index contributed by atoms with van der Waals surface area (Å²) >= 11 is 0. The molecule has 17 heavy (non-hydrogen) atoms. The van der Waals surface area contributed by atoms with E-state index in [1.54, 1.807) is 10.9 Å². The van der Waals surface area contributed by atoms with Gasteiger partial charge in [-0.25, -0.2) is 4.68 Å². The fraction of sp³-hybridized carbons (Fsp3) is 0.500. The summed E-state index contributed by atoms with van der Waals surface area (Å²) in [5.74, 6) is 0.704. The molecule has 0 aromatic carbocycles. The van der Waals surface area contributed by atoms with Gasteiger partial charge in [0, 0.05) is 6.54 Å². The van der Waals surface area contributed by atoms with Gasteiger partial charge in [-0.2, -0.15) is 0 Å². The van der Waals surface area contributed by atoms with Crippen molar-refractivity contribution in [1.82, 2.24) is 15.0 Å². The van der Waals surface area contributed by atoms with Crippen molar-refractivity contribution in [1.29, 1.82) is 0 Å². The highest BCUT2D eigenvalue weighted by Gasteiger charge is 2.15. The maximum absolute atomic E-state index is 9.24. The van der Waals surface area contributed by atoms with Crippen LogP contribution in [0.2, 0.25) is 0 Å². The molecule has 0 spiro atoms. The zero-order valence-corrected chi connectivity index (χ0v) is 9.96. The van der Waals surface area contributed by atoms with Crippen LogP contribution in [0.4, 0.5) is 0 Å². The highest BCUT2D eigenvalue weighted by molar-refractivity contribution is 5.54. The fourth-order valence-electron chi connectivity index (χ4n) is 1.81. The molecule has 0 unspecified atom stereocenters. The normalized spacial score (nSPS) is 10.9. The molecule has 0 atom stereocenters. The maximum Gasteiger partial charge on any atom is 0.153 e. The fourth-order valence-corrected chi connectivity index (χ4v) is 1.81. The predicted octanol–water partition coefficient (Wildman–Crippen LogP) is 2.22. The van der Waals surface area contributed by atoms with E-state index in [-0.39, 0.29) is 6.61 Å². The molecule has 2 aromatic heterocycles. The SMILES string of the molecule is CCCCCn1nnc(CO)c1-c1ccco1. The van der Waals surface area contributed by atoms with Crippen LogP contribution in [0.3, 0.4) is 0 Å². The number of aromatic nitrogens is 3. The molecule has 0 bridgehead atoms. The number of furan rings is 1. The number of hydrogen-bond donors (Lipinski definition) is 1. The molecule has 0 fully saturated rings. The number of aliphatic hydroxyl groups is 1. The summed E-state index contributed by atoms with van der Waals surface area (Å²) in [7, 11) is 0. The lowest BCUT2D eigenvalue weighted by Gasteiger charge is -2.04. The topological polar surface area (TPSA) is 64.1 Å². The van der Waals surface area contributed by atoms with Crippen molar-refractivity contribution in [2.75, 3.05) is 0 Å². The molecular weight excluding hydrogens is 218 g/mol. The van der Waals surface area contributed by atoms with E-state index in [0.717, 1.165) is 31.5 Å². The van der Waals surface area contributed by atoms with Crippen molar-refractivity contribution in [3.05, 3.63) is 24.1 Å². The third-order valence-corrected chi connectivity index (χ3v) is 2.68. The van der Waals surface area contributed by atoms with E-state index in [0.29, 0.717) is 11.5 Å². The Labute approximate surface area is 100 Å². The third kappa shape index (κ3) is 2.55. The lowest BCUT2D eigenvalue weighted by molar-refractivity contribution is 0.277. The molecule has 2 aromatic rings. The first-order valence-electron chi connectivity index (χ1n) is 5.94. The maximum atomic E-state index is 9.24. The van der Waals surface area contributed by atoms with Crippen molar-refractivity contribution in [2.24, 2.45) is 0 Å². The highest BCUT2D eigenvalue weighted by atomic mass is 16.3. The number of nitrogens with zero attached hydrogens (tertiary/aromatic N) is 3. The first kappa shape index (κ1) is 11.9. The lowest BCUT2D eigenvalue weighted by atomic mass is 10.2. The molecule has 1 N–H and O–H groups in total. The Kier molecular flexibility index (Phi) is 3.93. The predicted molar refractivity (Wildman–Crippen MR) is 63.2 cm³/mol. The molecule has 5 heteroatoms. The van der Waals surface area contributed by atoms with Crippen molar-refractivity contribution >= 4 is 0 Å². The Morgan fingerprint density at radius 1 is 1.41 bits per heavy atom. The molecule has 0 saturated heterocycles. The summed E-state index contributed by atoms with van der Waals surface area (Å²) in [6, 6.07) is 3.67. The summed E-state index contributed by atoms with van der Waals surface area (Å²) in [6.45, 7) is 2.84. The molecule has 0 saturated carbocycles. The molecule has 2 heterocycles. The Morgan fingerprint density at radius 2 is 2.29 bits per heavy atom. The van der Waals surface area contributed by atoms with Crippen LogP contribution in [0, 0.1) is 0 Å². The van der Waals surface area contributed by atoms with Crippen molar-refractivity contribution in [2.45, 2.75) is 39.3 Å². The molecule has 0 aliphatic rings. The van der Waals surface area contributed by atoms with Crippen molar-refractivity contribution in [3.8, 4) is 11.5 Å². The monoisotopic (exact) mass is 235 g/mol. The summed E-state index contributed by atoms with van der Waals surface area (Å²) in [6.07, 6.45) is 4.99. The first-order chi connectivity index (χ1) is 8.36. The molecule has 0 radical (unpaired) electrons. The molecule has 0 amide bonds. The molecule has 0 aliphatic heterocycles. The van der Waals surface area contributed by atoms with Crippen LogP contribution in [-0.4, -0.2) is 20.1 Å². The van der Waals surface area contributed by atoms with Gasteiger partial charge in [-0.05, 0) is 18.6 Å². The minimum atomic E-state index is -0.121. The smallest absolute Gasteiger partial charge is 0.153 e. The van der Waals surface area contributed by atoms with Crippen LogP contribution in [0.15, 0.2) is 22.8 Å². The second-order valence-corrected chi connectivity index (χ2v) is 3.95. The van der Waals surface area contributed by atoms with Gasteiger partial charge in [-0.3, -0.25) is 0 Å². The quantitative estimate of drug-likeness (QED) is 0.780. The van der Waals surface area contributed by atoms with Crippen LogP contribution >= 0.6 is 0 Å². The molecule has 92 valence electrons. The largest absolute Gasteiger partial charge is 0.463 e. The average Bonchev–Trinajstić information content (AvgIpc) is 2.96. The minimum absolute atomic E-state index is 0.121. The van der Waals surface area contributed by atoms with Gasteiger partial charge in [0.1, 0.15) is 11.4 Å². The van der Waals surface area contributed by atoms with Gasteiger partial charge in [0.25, 0.3) is 0 Å². The number of hydrogen-bond acceptors (Lipinski definition) is 4. The molecule has 0 aliphatic carbocycles. The standard InChI is InChI=1S/C12H17N3O2/c1-2-3-4-7-15-12(10(9-16)13-14-15)11-6-5-8-17-11/h5-6,8,16H,2-4,7,9H2,1H3. The minimum Gasteiger partial charge on any atom is -0.463 e.